The molecule has 4 nitrogen and oxygen atoms in total. The van der Waals surface area contributed by atoms with Crippen LogP contribution in [0.2, 0.25) is 0 Å². The lowest BCUT2D eigenvalue weighted by Gasteiger charge is -2.34. The summed E-state index contributed by atoms with van der Waals surface area (Å²) in [7, 11) is 2.20. The van der Waals surface area contributed by atoms with Crippen molar-refractivity contribution < 1.29 is 4.42 Å². The molecule has 0 saturated heterocycles. The van der Waals surface area contributed by atoms with Gasteiger partial charge in [0.25, 0.3) is 0 Å². The highest BCUT2D eigenvalue weighted by Crippen LogP contribution is 2.38. The second-order valence-corrected chi connectivity index (χ2v) is 7.36. The standard InChI is InChI=1S/C23H21N3O/c1-15-18(22-12-24-8-9-25-22)4-5-19-20(15)13-26(2)14-21(19)16-3-6-23-17(11-16)7-10-27-23/h3-12,21H,13-14H2,1-2H3. The Bertz CT molecular complexity index is 1120. The van der Waals surface area contributed by atoms with Crippen molar-refractivity contribution in [2.75, 3.05) is 13.6 Å². The van der Waals surface area contributed by atoms with Crippen LogP contribution in [0, 0.1) is 6.92 Å². The Morgan fingerprint density at radius 3 is 2.89 bits per heavy atom. The Kier molecular flexibility index (Phi) is 3.80. The molecule has 4 aromatic rings. The second kappa shape index (κ2) is 6.32. The zero-order chi connectivity index (χ0) is 18.4. The average molecular weight is 355 g/mol. The zero-order valence-corrected chi connectivity index (χ0v) is 15.5. The molecular formula is C23H21N3O. The van der Waals surface area contributed by atoms with Crippen LogP contribution in [0.25, 0.3) is 22.2 Å². The number of benzene rings is 2. The van der Waals surface area contributed by atoms with Crippen molar-refractivity contribution in [3.8, 4) is 11.3 Å². The first-order chi connectivity index (χ1) is 13.2. The van der Waals surface area contributed by atoms with Crippen molar-refractivity contribution >= 4 is 11.0 Å². The number of fused-ring (bicyclic) bond motifs is 2. The summed E-state index contributed by atoms with van der Waals surface area (Å²) in [5.74, 6) is 0.354. The predicted molar refractivity (Wildman–Crippen MR) is 107 cm³/mol. The van der Waals surface area contributed by atoms with Crippen LogP contribution in [-0.4, -0.2) is 28.5 Å². The SMILES string of the molecule is Cc1c(-c2cnccn2)ccc2c1CN(C)CC2c1ccc2occc2c1. The molecule has 1 unspecified atom stereocenters. The van der Waals surface area contributed by atoms with E-state index in [2.05, 4.69) is 59.2 Å². The maximum atomic E-state index is 5.51. The molecule has 27 heavy (non-hydrogen) atoms. The molecule has 2 aromatic heterocycles. The molecule has 134 valence electrons. The van der Waals surface area contributed by atoms with E-state index in [1.807, 2.05) is 12.3 Å². The highest BCUT2D eigenvalue weighted by atomic mass is 16.3. The normalized spacial score (nSPS) is 17.2. The summed E-state index contributed by atoms with van der Waals surface area (Å²) < 4.78 is 5.51. The Balaban J connectivity index is 1.64. The minimum Gasteiger partial charge on any atom is -0.464 e. The van der Waals surface area contributed by atoms with Crippen LogP contribution in [-0.2, 0) is 6.54 Å². The minimum atomic E-state index is 0.354. The van der Waals surface area contributed by atoms with Crippen molar-refractivity contribution in [3.05, 3.63) is 83.5 Å². The van der Waals surface area contributed by atoms with Crippen molar-refractivity contribution in [3.63, 3.8) is 0 Å². The zero-order valence-electron chi connectivity index (χ0n) is 15.5. The fourth-order valence-corrected chi connectivity index (χ4v) is 4.26. The van der Waals surface area contributed by atoms with Gasteiger partial charge in [0.2, 0.25) is 0 Å². The predicted octanol–water partition coefficient (Wildman–Crippen LogP) is 4.78. The third-order valence-electron chi connectivity index (χ3n) is 5.65. The van der Waals surface area contributed by atoms with E-state index in [1.165, 1.54) is 27.8 Å². The molecule has 0 amide bonds. The van der Waals surface area contributed by atoms with Gasteiger partial charge in [0.15, 0.2) is 0 Å². The molecule has 0 N–H and O–H groups in total. The second-order valence-electron chi connectivity index (χ2n) is 7.36. The summed E-state index contributed by atoms with van der Waals surface area (Å²) in [5, 5.41) is 1.16. The molecule has 4 heteroatoms. The summed E-state index contributed by atoms with van der Waals surface area (Å²) in [6.07, 6.45) is 7.06. The molecular weight excluding hydrogens is 334 g/mol. The van der Waals surface area contributed by atoms with E-state index in [0.717, 1.165) is 29.8 Å². The smallest absolute Gasteiger partial charge is 0.133 e. The number of hydrogen-bond donors (Lipinski definition) is 0. The fourth-order valence-electron chi connectivity index (χ4n) is 4.26. The lowest BCUT2D eigenvalue weighted by atomic mass is 9.81. The van der Waals surface area contributed by atoms with Gasteiger partial charge in [0.05, 0.1) is 18.2 Å². The topological polar surface area (TPSA) is 42.2 Å². The molecule has 3 heterocycles. The minimum absolute atomic E-state index is 0.354. The molecule has 1 aliphatic rings. The number of likely N-dealkylation sites (N-methyl/N-ethyl adjacent to an activating group) is 1. The van der Waals surface area contributed by atoms with Crippen molar-refractivity contribution in [2.24, 2.45) is 0 Å². The summed E-state index contributed by atoms with van der Waals surface area (Å²) in [6.45, 7) is 4.18. The van der Waals surface area contributed by atoms with E-state index in [0.29, 0.717) is 5.92 Å². The van der Waals surface area contributed by atoms with Gasteiger partial charge in [-0.25, -0.2) is 0 Å². The van der Waals surface area contributed by atoms with Crippen LogP contribution in [0.15, 0.2) is 65.7 Å². The lowest BCUT2D eigenvalue weighted by molar-refractivity contribution is 0.294. The van der Waals surface area contributed by atoms with Crippen LogP contribution in [0.1, 0.15) is 28.2 Å². The van der Waals surface area contributed by atoms with Crippen molar-refractivity contribution in [1.29, 1.82) is 0 Å². The number of hydrogen-bond acceptors (Lipinski definition) is 4. The van der Waals surface area contributed by atoms with Gasteiger partial charge in [0, 0.05) is 42.4 Å². The highest BCUT2D eigenvalue weighted by Gasteiger charge is 2.27. The Morgan fingerprint density at radius 1 is 1.11 bits per heavy atom. The first kappa shape index (κ1) is 16.2. The Morgan fingerprint density at radius 2 is 2.04 bits per heavy atom. The molecule has 2 aromatic carbocycles. The van der Waals surface area contributed by atoms with E-state index in [1.54, 1.807) is 18.7 Å². The molecule has 0 saturated carbocycles. The highest BCUT2D eigenvalue weighted by molar-refractivity contribution is 5.78. The number of furan rings is 1. The summed E-state index contributed by atoms with van der Waals surface area (Å²) in [5.41, 5.74) is 8.50. The first-order valence-corrected chi connectivity index (χ1v) is 9.25. The Labute approximate surface area is 158 Å². The van der Waals surface area contributed by atoms with E-state index >= 15 is 0 Å². The molecule has 1 atom stereocenters. The molecule has 0 fully saturated rings. The van der Waals surface area contributed by atoms with Gasteiger partial charge in [-0.2, -0.15) is 0 Å². The van der Waals surface area contributed by atoms with E-state index in [4.69, 9.17) is 4.42 Å². The summed E-state index contributed by atoms with van der Waals surface area (Å²) >= 11 is 0. The van der Waals surface area contributed by atoms with E-state index < -0.39 is 0 Å². The maximum Gasteiger partial charge on any atom is 0.133 e. The summed E-state index contributed by atoms with van der Waals surface area (Å²) in [4.78, 5) is 11.1. The van der Waals surface area contributed by atoms with Gasteiger partial charge in [-0.15, -0.1) is 0 Å². The number of aromatic nitrogens is 2. The third kappa shape index (κ3) is 2.73. The van der Waals surface area contributed by atoms with Gasteiger partial charge < -0.3 is 9.32 Å². The average Bonchev–Trinajstić information content (AvgIpc) is 3.17. The fraction of sp³-hybridized carbons (Fsp3) is 0.217. The lowest BCUT2D eigenvalue weighted by Crippen LogP contribution is -2.31. The largest absolute Gasteiger partial charge is 0.464 e. The van der Waals surface area contributed by atoms with Gasteiger partial charge in [0.1, 0.15) is 5.58 Å². The number of nitrogens with zero attached hydrogens (tertiary/aromatic N) is 3. The Hall–Kier alpha value is -2.98. The van der Waals surface area contributed by atoms with Crippen molar-refractivity contribution in [1.82, 2.24) is 14.9 Å². The van der Waals surface area contributed by atoms with Crippen LogP contribution >= 0.6 is 0 Å². The number of rotatable bonds is 2. The monoisotopic (exact) mass is 355 g/mol. The van der Waals surface area contributed by atoms with E-state index in [9.17, 15) is 0 Å². The quantitative estimate of drug-likeness (QED) is 0.519. The molecule has 1 aliphatic heterocycles. The summed E-state index contributed by atoms with van der Waals surface area (Å²) in [6, 6.07) is 13.1. The first-order valence-electron chi connectivity index (χ1n) is 9.25. The van der Waals surface area contributed by atoms with Crippen LogP contribution in [0.5, 0.6) is 0 Å². The van der Waals surface area contributed by atoms with Crippen LogP contribution in [0.4, 0.5) is 0 Å². The van der Waals surface area contributed by atoms with Gasteiger partial charge in [-0.3, -0.25) is 9.97 Å². The molecule has 0 spiro atoms. The van der Waals surface area contributed by atoms with Gasteiger partial charge >= 0.3 is 0 Å². The van der Waals surface area contributed by atoms with Crippen LogP contribution < -0.4 is 0 Å². The van der Waals surface area contributed by atoms with Gasteiger partial charge in [-0.05, 0) is 54.4 Å². The third-order valence-corrected chi connectivity index (χ3v) is 5.65. The molecule has 0 aliphatic carbocycles. The maximum absolute atomic E-state index is 5.51. The van der Waals surface area contributed by atoms with Gasteiger partial charge in [-0.1, -0.05) is 18.2 Å². The van der Waals surface area contributed by atoms with Crippen LogP contribution in [0.3, 0.4) is 0 Å². The molecule has 0 bridgehead atoms. The van der Waals surface area contributed by atoms with E-state index in [-0.39, 0.29) is 0 Å². The van der Waals surface area contributed by atoms with Crippen molar-refractivity contribution in [2.45, 2.75) is 19.4 Å². The molecule has 0 radical (unpaired) electrons. The molecule has 5 rings (SSSR count).